The van der Waals surface area contributed by atoms with Crippen molar-refractivity contribution in [3.8, 4) is 5.75 Å². The first-order valence-corrected chi connectivity index (χ1v) is 6.15. The minimum Gasteiger partial charge on any atom is -0.493 e. The monoisotopic (exact) mass is 240 g/mol. The van der Waals surface area contributed by atoms with Crippen molar-refractivity contribution in [2.45, 2.75) is 32.3 Å². The molecule has 0 aromatic heterocycles. The highest BCUT2D eigenvalue weighted by atomic mass is 35.5. The Morgan fingerprint density at radius 3 is 2.81 bits per heavy atom. The van der Waals surface area contributed by atoms with Gasteiger partial charge in [0.25, 0.3) is 0 Å². The smallest absolute Gasteiger partial charge is 0.125 e. The summed E-state index contributed by atoms with van der Waals surface area (Å²) in [4.78, 5) is 0. The van der Waals surface area contributed by atoms with Gasteiger partial charge in [0.1, 0.15) is 5.75 Å². The molecule has 1 aromatic carbocycles. The van der Waals surface area contributed by atoms with E-state index >= 15 is 0 Å². The van der Waals surface area contributed by atoms with Gasteiger partial charge in [-0.1, -0.05) is 18.0 Å². The third-order valence-corrected chi connectivity index (χ3v) is 3.36. The Labute approximate surface area is 101 Å². The molecule has 0 radical (unpaired) electrons. The van der Waals surface area contributed by atoms with Crippen molar-refractivity contribution >= 4 is 11.6 Å². The van der Waals surface area contributed by atoms with Crippen LogP contribution in [0.25, 0.3) is 0 Å². The molecule has 16 heavy (non-hydrogen) atoms. The molecule has 2 nitrogen and oxygen atoms in total. The molecule has 1 saturated carbocycles. The zero-order chi connectivity index (χ0) is 11.5. The molecule has 1 N–H and O–H groups in total. The third kappa shape index (κ3) is 2.69. The minimum atomic E-state index is -0.546. The average Bonchev–Trinajstić information content (AvgIpc) is 2.17. The van der Waals surface area contributed by atoms with Gasteiger partial charge in [-0.15, -0.1) is 0 Å². The normalized spacial score (nSPS) is 17.9. The van der Waals surface area contributed by atoms with Crippen LogP contribution in [0.5, 0.6) is 5.75 Å². The van der Waals surface area contributed by atoms with Crippen molar-refractivity contribution in [2.24, 2.45) is 5.92 Å². The Bertz CT molecular complexity index is 359. The molecule has 1 aromatic rings. The fraction of sp³-hybridized carbons (Fsp3) is 0.538. The van der Waals surface area contributed by atoms with Gasteiger partial charge in [0.05, 0.1) is 12.7 Å². The van der Waals surface area contributed by atoms with Crippen LogP contribution in [-0.2, 0) is 0 Å². The fourth-order valence-corrected chi connectivity index (χ4v) is 2.02. The maximum atomic E-state index is 9.63. The summed E-state index contributed by atoms with van der Waals surface area (Å²) < 4.78 is 5.74. The highest BCUT2D eigenvalue weighted by Gasteiger charge is 2.19. The van der Waals surface area contributed by atoms with Crippen molar-refractivity contribution in [3.05, 3.63) is 28.8 Å². The molecule has 1 unspecified atom stereocenters. The lowest BCUT2D eigenvalue weighted by molar-refractivity contribution is 0.164. The largest absolute Gasteiger partial charge is 0.493 e. The molecular weight excluding hydrogens is 224 g/mol. The molecular formula is C13H17ClO2. The Morgan fingerprint density at radius 1 is 1.50 bits per heavy atom. The van der Waals surface area contributed by atoms with Crippen molar-refractivity contribution in [1.82, 2.24) is 0 Å². The fourth-order valence-electron chi connectivity index (χ4n) is 1.84. The molecule has 0 bridgehead atoms. The topological polar surface area (TPSA) is 29.5 Å². The van der Waals surface area contributed by atoms with Crippen molar-refractivity contribution in [1.29, 1.82) is 0 Å². The standard InChI is InChI=1S/C13H17ClO2/c1-9(15)12-7-11(14)5-6-13(12)16-8-10-3-2-4-10/h5-7,9-10,15H,2-4,8H2,1H3. The first-order valence-electron chi connectivity index (χ1n) is 5.77. The molecule has 0 spiro atoms. The van der Waals surface area contributed by atoms with Crippen LogP contribution >= 0.6 is 11.6 Å². The van der Waals surface area contributed by atoms with Gasteiger partial charge in [0.2, 0.25) is 0 Å². The number of hydrogen-bond acceptors (Lipinski definition) is 2. The lowest BCUT2D eigenvalue weighted by Gasteiger charge is -2.26. The Kier molecular flexibility index (Phi) is 3.72. The van der Waals surface area contributed by atoms with Gasteiger partial charge in [0, 0.05) is 10.6 Å². The van der Waals surface area contributed by atoms with Crippen molar-refractivity contribution in [3.63, 3.8) is 0 Å². The van der Waals surface area contributed by atoms with Gasteiger partial charge >= 0.3 is 0 Å². The van der Waals surface area contributed by atoms with Crippen LogP contribution in [0.1, 0.15) is 37.9 Å². The van der Waals surface area contributed by atoms with Gasteiger partial charge in [-0.25, -0.2) is 0 Å². The van der Waals surface area contributed by atoms with Crippen LogP contribution in [0.3, 0.4) is 0 Å². The molecule has 1 aliphatic carbocycles. The van der Waals surface area contributed by atoms with Crippen LogP contribution in [-0.4, -0.2) is 11.7 Å². The second kappa shape index (κ2) is 5.07. The van der Waals surface area contributed by atoms with E-state index in [0.29, 0.717) is 10.9 Å². The van der Waals surface area contributed by atoms with E-state index in [2.05, 4.69) is 0 Å². The predicted octanol–water partition coefficient (Wildman–Crippen LogP) is 3.57. The first kappa shape index (κ1) is 11.7. The summed E-state index contributed by atoms with van der Waals surface area (Å²) in [5, 5.41) is 10.3. The number of ether oxygens (including phenoxy) is 1. The SMILES string of the molecule is CC(O)c1cc(Cl)ccc1OCC1CCC1. The third-order valence-electron chi connectivity index (χ3n) is 3.12. The summed E-state index contributed by atoms with van der Waals surface area (Å²) >= 11 is 5.90. The summed E-state index contributed by atoms with van der Waals surface area (Å²) in [7, 11) is 0. The number of rotatable bonds is 4. The summed E-state index contributed by atoms with van der Waals surface area (Å²) in [5.74, 6) is 1.45. The van der Waals surface area contributed by atoms with Gasteiger partial charge < -0.3 is 9.84 Å². The summed E-state index contributed by atoms with van der Waals surface area (Å²) in [6.45, 7) is 2.48. The molecule has 1 fully saturated rings. The van der Waals surface area contributed by atoms with Crippen LogP contribution in [0.2, 0.25) is 5.02 Å². The summed E-state index contributed by atoms with van der Waals surface area (Å²) in [5.41, 5.74) is 0.770. The summed E-state index contributed by atoms with van der Waals surface area (Å²) in [6, 6.07) is 5.40. The van der Waals surface area contributed by atoms with E-state index < -0.39 is 6.10 Å². The van der Waals surface area contributed by atoms with Crippen LogP contribution in [0.15, 0.2) is 18.2 Å². The Hall–Kier alpha value is -0.730. The van der Waals surface area contributed by atoms with Crippen LogP contribution in [0.4, 0.5) is 0 Å². The van der Waals surface area contributed by atoms with Crippen LogP contribution in [0, 0.1) is 5.92 Å². The van der Waals surface area contributed by atoms with E-state index in [9.17, 15) is 5.11 Å². The first-order chi connectivity index (χ1) is 7.66. The molecule has 1 aliphatic rings. The maximum absolute atomic E-state index is 9.63. The van der Waals surface area contributed by atoms with Gasteiger partial charge in [-0.3, -0.25) is 0 Å². The van der Waals surface area contributed by atoms with Gasteiger partial charge in [-0.05, 0) is 43.9 Å². The maximum Gasteiger partial charge on any atom is 0.125 e. The minimum absolute atomic E-state index is 0.546. The molecule has 0 heterocycles. The van der Waals surface area contributed by atoms with E-state index in [0.717, 1.165) is 17.9 Å². The number of aliphatic hydroxyl groups is 1. The zero-order valence-electron chi connectivity index (χ0n) is 9.45. The number of benzene rings is 1. The molecule has 0 saturated heterocycles. The molecule has 2 rings (SSSR count). The zero-order valence-corrected chi connectivity index (χ0v) is 10.2. The highest BCUT2D eigenvalue weighted by molar-refractivity contribution is 6.30. The molecule has 0 aliphatic heterocycles. The average molecular weight is 241 g/mol. The summed E-state index contributed by atoms with van der Waals surface area (Å²) in [6.07, 6.45) is 3.29. The lowest BCUT2D eigenvalue weighted by atomic mass is 9.86. The second-order valence-electron chi connectivity index (χ2n) is 4.47. The second-order valence-corrected chi connectivity index (χ2v) is 4.90. The van der Waals surface area contributed by atoms with Crippen molar-refractivity contribution < 1.29 is 9.84 Å². The quantitative estimate of drug-likeness (QED) is 0.872. The van der Waals surface area contributed by atoms with E-state index in [1.807, 2.05) is 6.07 Å². The molecule has 1 atom stereocenters. The molecule has 3 heteroatoms. The number of hydrogen-bond donors (Lipinski definition) is 1. The van der Waals surface area contributed by atoms with Gasteiger partial charge in [-0.2, -0.15) is 0 Å². The van der Waals surface area contributed by atoms with Gasteiger partial charge in [0.15, 0.2) is 0 Å². The van der Waals surface area contributed by atoms with E-state index in [1.165, 1.54) is 19.3 Å². The van der Waals surface area contributed by atoms with E-state index in [4.69, 9.17) is 16.3 Å². The highest BCUT2D eigenvalue weighted by Crippen LogP contribution is 2.31. The molecule has 0 amide bonds. The lowest BCUT2D eigenvalue weighted by Crippen LogP contribution is -2.19. The Morgan fingerprint density at radius 2 is 2.25 bits per heavy atom. The van der Waals surface area contributed by atoms with E-state index in [1.54, 1.807) is 19.1 Å². The van der Waals surface area contributed by atoms with Crippen molar-refractivity contribution in [2.75, 3.05) is 6.61 Å². The Balaban J connectivity index is 2.05. The molecule has 88 valence electrons. The number of aliphatic hydroxyl groups excluding tert-OH is 1. The predicted molar refractivity (Wildman–Crippen MR) is 64.9 cm³/mol. The van der Waals surface area contributed by atoms with Crippen LogP contribution < -0.4 is 4.74 Å². The van der Waals surface area contributed by atoms with E-state index in [-0.39, 0.29) is 0 Å². The number of halogens is 1.